The molecule has 0 saturated carbocycles. The summed E-state index contributed by atoms with van der Waals surface area (Å²) in [4.78, 5) is 26.5. The number of hydrogen-bond donors (Lipinski definition) is 1. The Morgan fingerprint density at radius 3 is 2.73 bits per heavy atom. The third-order valence-electron chi connectivity index (χ3n) is 4.54. The van der Waals surface area contributed by atoms with Crippen LogP contribution in [0, 0.1) is 6.92 Å². The fourth-order valence-electron chi connectivity index (χ4n) is 2.97. The minimum absolute atomic E-state index is 0.0872. The van der Waals surface area contributed by atoms with E-state index in [9.17, 15) is 9.59 Å². The fraction of sp³-hybridized carbons (Fsp3) is 0.211. The lowest BCUT2D eigenvalue weighted by Crippen LogP contribution is -2.23. The van der Waals surface area contributed by atoms with Crippen molar-refractivity contribution in [1.82, 2.24) is 29.6 Å². The molecule has 0 aliphatic carbocycles. The number of nitrogens with one attached hydrogen (secondary N) is 1. The Hall–Kier alpha value is -3.18. The number of hydrogen-bond acceptors (Lipinski definition) is 7. The third-order valence-corrected chi connectivity index (χ3v) is 6.35. The maximum atomic E-state index is 12.9. The van der Waals surface area contributed by atoms with E-state index in [1.165, 1.54) is 16.4 Å². The number of tetrazole rings is 1. The standard InChI is InChI=1S/C19H19N7O2S2/c1-13-17(18(28)26(24(13)2)14-7-4-3-5-8-14)20-16(27)12-30-19-21-22-23-25(19)11-15-9-6-10-29-15/h3-10H,11-12H2,1-2H3,(H,20,27). The van der Waals surface area contributed by atoms with Gasteiger partial charge in [-0.15, -0.1) is 16.4 Å². The number of thiophene rings is 1. The quantitative estimate of drug-likeness (QED) is 0.442. The lowest BCUT2D eigenvalue weighted by atomic mass is 10.3. The molecule has 1 aromatic carbocycles. The molecule has 0 fully saturated rings. The SMILES string of the molecule is Cc1c(NC(=O)CSc2nnnn2Cc2cccs2)c(=O)n(-c2ccccc2)n1C. The molecule has 0 atom stereocenters. The van der Waals surface area contributed by atoms with E-state index in [1.807, 2.05) is 47.8 Å². The molecule has 0 radical (unpaired) electrons. The van der Waals surface area contributed by atoms with E-state index in [0.717, 1.165) is 10.6 Å². The summed E-state index contributed by atoms with van der Waals surface area (Å²) in [5, 5.41) is 17.0. The maximum absolute atomic E-state index is 12.9. The molecule has 0 saturated heterocycles. The Morgan fingerprint density at radius 2 is 2.00 bits per heavy atom. The van der Waals surface area contributed by atoms with Gasteiger partial charge >= 0.3 is 0 Å². The van der Waals surface area contributed by atoms with Crippen LogP contribution >= 0.6 is 23.1 Å². The van der Waals surface area contributed by atoms with Crippen molar-refractivity contribution in [2.45, 2.75) is 18.6 Å². The highest BCUT2D eigenvalue weighted by Gasteiger charge is 2.19. The van der Waals surface area contributed by atoms with Crippen molar-refractivity contribution in [1.29, 1.82) is 0 Å². The highest BCUT2D eigenvalue weighted by molar-refractivity contribution is 7.99. The summed E-state index contributed by atoms with van der Waals surface area (Å²) in [5.74, 6) is -0.208. The topological polar surface area (TPSA) is 99.6 Å². The summed E-state index contributed by atoms with van der Waals surface area (Å²) in [6.45, 7) is 2.35. The van der Waals surface area contributed by atoms with Crippen molar-refractivity contribution < 1.29 is 4.79 Å². The molecule has 154 valence electrons. The molecular weight excluding hydrogens is 422 g/mol. The summed E-state index contributed by atoms with van der Waals surface area (Å²) in [7, 11) is 1.78. The number of carbonyl (C=O) groups excluding carboxylic acids is 1. The summed E-state index contributed by atoms with van der Waals surface area (Å²) < 4.78 is 4.90. The van der Waals surface area contributed by atoms with Crippen molar-refractivity contribution in [3.8, 4) is 5.69 Å². The zero-order chi connectivity index (χ0) is 21.1. The number of anilines is 1. The Bertz CT molecular complexity index is 1210. The summed E-state index contributed by atoms with van der Waals surface area (Å²) in [5.41, 5.74) is 1.40. The summed E-state index contributed by atoms with van der Waals surface area (Å²) >= 11 is 2.84. The van der Waals surface area contributed by atoms with Crippen LogP contribution in [0.1, 0.15) is 10.6 Å². The first kappa shape index (κ1) is 20.1. The first-order valence-electron chi connectivity index (χ1n) is 9.10. The van der Waals surface area contributed by atoms with E-state index in [1.54, 1.807) is 34.7 Å². The van der Waals surface area contributed by atoms with Crippen LogP contribution in [0.25, 0.3) is 5.69 Å². The molecule has 9 nitrogen and oxygen atoms in total. The molecule has 4 rings (SSSR count). The summed E-state index contributed by atoms with van der Waals surface area (Å²) in [6.07, 6.45) is 0. The smallest absolute Gasteiger partial charge is 0.295 e. The molecule has 1 amide bonds. The maximum Gasteiger partial charge on any atom is 0.295 e. The van der Waals surface area contributed by atoms with Crippen LogP contribution in [-0.2, 0) is 18.4 Å². The van der Waals surface area contributed by atoms with Crippen LogP contribution in [0.3, 0.4) is 0 Å². The van der Waals surface area contributed by atoms with Crippen molar-refractivity contribution in [3.05, 3.63) is 68.8 Å². The predicted octanol–water partition coefficient (Wildman–Crippen LogP) is 2.31. The van der Waals surface area contributed by atoms with Gasteiger partial charge in [0, 0.05) is 11.9 Å². The van der Waals surface area contributed by atoms with Gasteiger partial charge in [-0.2, -0.15) is 0 Å². The highest BCUT2D eigenvalue weighted by Crippen LogP contribution is 2.18. The van der Waals surface area contributed by atoms with Crippen LogP contribution in [0.4, 0.5) is 5.69 Å². The van der Waals surface area contributed by atoms with Gasteiger partial charge in [0.2, 0.25) is 11.1 Å². The molecule has 0 spiro atoms. The molecule has 1 N–H and O–H groups in total. The van der Waals surface area contributed by atoms with Crippen LogP contribution in [0.15, 0.2) is 57.8 Å². The summed E-state index contributed by atoms with van der Waals surface area (Å²) in [6, 6.07) is 13.3. The number of aromatic nitrogens is 6. The van der Waals surface area contributed by atoms with Gasteiger partial charge in [-0.1, -0.05) is 36.0 Å². The number of carbonyl (C=O) groups is 1. The van der Waals surface area contributed by atoms with Gasteiger partial charge in [0.25, 0.3) is 5.56 Å². The lowest BCUT2D eigenvalue weighted by molar-refractivity contribution is -0.113. The van der Waals surface area contributed by atoms with Crippen LogP contribution in [0.2, 0.25) is 0 Å². The average molecular weight is 442 g/mol. The van der Waals surface area contributed by atoms with Crippen molar-refractivity contribution >= 4 is 34.7 Å². The van der Waals surface area contributed by atoms with E-state index in [0.29, 0.717) is 17.4 Å². The zero-order valence-corrected chi connectivity index (χ0v) is 18.0. The molecule has 3 aromatic heterocycles. The van der Waals surface area contributed by atoms with E-state index >= 15 is 0 Å². The fourth-order valence-corrected chi connectivity index (χ4v) is 4.33. The predicted molar refractivity (Wildman–Crippen MR) is 116 cm³/mol. The second-order valence-electron chi connectivity index (χ2n) is 6.47. The Morgan fingerprint density at radius 1 is 1.20 bits per heavy atom. The molecule has 0 aliphatic rings. The van der Waals surface area contributed by atoms with E-state index in [4.69, 9.17) is 0 Å². The number of amides is 1. The van der Waals surface area contributed by atoms with Gasteiger partial charge in [0.05, 0.1) is 23.7 Å². The van der Waals surface area contributed by atoms with Crippen LogP contribution in [0.5, 0.6) is 0 Å². The van der Waals surface area contributed by atoms with Crippen LogP contribution < -0.4 is 10.9 Å². The average Bonchev–Trinajstić information content (AvgIpc) is 3.46. The Kier molecular flexibility index (Phi) is 5.81. The van der Waals surface area contributed by atoms with Gasteiger partial charge < -0.3 is 5.32 Å². The van der Waals surface area contributed by atoms with Gasteiger partial charge in [0.15, 0.2) is 0 Å². The first-order valence-corrected chi connectivity index (χ1v) is 11.0. The van der Waals surface area contributed by atoms with Crippen molar-refractivity contribution in [2.24, 2.45) is 7.05 Å². The zero-order valence-electron chi connectivity index (χ0n) is 16.3. The molecule has 4 aromatic rings. The molecule has 0 aliphatic heterocycles. The number of nitrogens with zero attached hydrogens (tertiary/aromatic N) is 6. The van der Waals surface area contributed by atoms with Crippen LogP contribution in [-0.4, -0.2) is 41.2 Å². The number of benzene rings is 1. The normalized spacial score (nSPS) is 11.0. The molecule has 11 heteroatoms. The number of para-hydroxylation sites is 1. The van der Waals surface area contributed by atoms with Gasteiger partial charge in [-0.3, -0.25) is 14.3 Å². The minimum Gasteiger partial charge on any atom is -0.319 e. The Balaban J connectivity index is 1.46. The molecule has 30 heavy (non-hydrogen) atoms. The highest BCUT2D eigenvalue weighted by atomic mass is 32.2. The minimum atomic E-state index is -0.295. The Labute approximate surface area is 180 Å². The largest absolute Gasteiger partial charge is 0.319 e. The third kappa shape index (κ3) is 4.07. The molecular formula is C19H19N7O2S2. The van der Waals surface area contributed by atoms with E-state index in [2.05, 4.69) is 20.8 Å². The second-order valence-corrected chi connectivity index (χ2v) is 8.45. The van der Waals surface area contributed by atoms with Gasteiger partial charge in [-0.05, 0) is 40.9 Å². The van der Waals surface area contributed by atoms with Gasteiger partial charge in [0.1, 0.15) is 5.69 Å². The second kappa shape index (κ2) is 8.67. The van der Waals surface area contributed by atoms with E-state index in [-0.39, 0.29) is 22.9 Å². The first-order chi connectivity index (χ1) is 14.5. The molecule has 3 heterocycles. The number of rotatable bonds is 7. The monoisotopic (exact) mass is 441 g/mol. The molecule has 0 bridgehead atoms. The van der Waals surface area contributed by atoms with Crippen molar-refractivity contribution in [2.75, 3.05) is 11.1 Å². The van der Waals surface area contributed by atoms with Crippen molar-refractivity contribution in [3.63, 3.8) is 0 Å². The van der Waals surface area contributed by atoms with E-state index < -0.39 is 0 Å². The lowest BCUT2D eigenvalue weighted by Gasteiger charge is -2.07. The number of thioether (sulfide) groups is 1. The van der Waals surface area contributed by atoms with Gasteiger partial charge in [-0.25, -0.2) is 9.36 Å². The molecule has 0 unspecified atom stereocenters.